The summed E-state index contributed by atoms with van der Waals surface area (Å²) in [6.07, 6.45) is 14.3. The Morgan fingerprint density at radius 2 is 0.976 bits per heavy atom. The number of benzene rings is 2. The molecule has 0 saturated heterocycles. The van der Waals surface area contributed by atoms with Crippen molar-refractivity contribution in [3.05, 3.63) is 80.8 Å². The molecule has 5 nitrogen and oxygen atoms in total. The highest BCUT2D eigenvalue weighted by molar-refractivity contribution is 9.10. The maximum absolute atomic E-state index is 14.2. The van der Waals surface area contributed by atoms with Gasteiger partial charge in [0, 0.05) is 23.1 Å². The van der Waals surface area contributed by atoms with Crippen molar-refractivity contribution < 1.29 is 14.4 Å². The van der Waals surface area contributed by atoms with Gasteiger partial charge in [-0.2, -0.15) is 0 Å². The van der Waals surface area contributed by atoms with Gasteiger partial charge in [-0.1, -0.05) is 130 Å². The van der Waals surface area contributed by atoms with Gasteiger partial charge < -0.3 is 9.80 Å². The second kappa shape index (κ2) is 15.3. The fraction of sp³-hybridized carbons (Fsp3) is 0.457. The molecule has 0 N–H and O–H groups in total. The molecule has 0 fully saturated rings. The van der Waals surface area contributed by atoms with Crippen molar-refractivity contribution in [1.29, 1.82) is 0 Å². The third kappa shape index (κ3) is 7.27. The SMILES string of the molecule is CCCCCCCCN1C(=O)C2=C(c3ccc(C=O)cc3)N(CCCCCCCC)C(=O)C2=C1c1ccc(Br)cc1. The molecule has 0 atom stereocenters. The van der Waals surface area contributed by atoms with Crippen LogP contribution in [0.5, 0.6) is 0 Å². The van der Waals surface area contributed by atoms with E-state index >= 15 is 0 Å². The summed E-state index contributed by atoms with van der Waals surface area (Å²) in [4.78, 5) is 43.5. The number of carbonyl (C=O) groups is 3. The largest absolute Gasteiger partial charge is 0.307 e. The highest BCUT2D eigenvalue weighted by Gasteiger charge is 2.48. The highest BCUT2D eigenvalue weighted by Crippen LogP contribution is 2.46. The summed E-state index contributed by atoms with van der Waals surface area (Å²) in [6.45, 7) is 5.58. The summed E-state index contributed by atoms with van der Waals surface area (Å²) in [7, 11) is 0. The molecule has 2 aromatic carbocycles. The molecule has 0 aliphatic carbocycles. The first-order valence-corrected chi connectivity index (χ1v) is 16.2. The molecule has 6 heteroatoms. The Bertz CT molecular complexity index is 1280. The Morgan fingerprint density at radius 1 is 0.585 bits per heavy atom. The van der Waals surface area contributed by atoms with Gasteiger partial charge in [-0.15, -0.1) is 0 Å². The molecule has 0 aromatic heterocycles. The molecule has 2 aliphatic heterocycles. The van der Waals surface area contributed by atoms with E-state index in [1.165, 1.54) is 38.5 Å². The van der Waals surface area contributed by atoms with Crippen molar-refractivity contribution in [3.63, 3.8) is 0 Å². The minimum Gasteiger partial charge on any atom is -0.307 e. The topological polar surface area (TPSA) is 57.7 Å². The maximum Gasteiger partial charge on any atom is 0.261 e. The first kappa shape index (κ1) is 31.0. The van der Waals surface area contributed by atoms with Gasteiger partial charge in [-0.3, -0.25) is 14.4 Å². The van der Waals surface area contributed by atoms with E-state index in [9.17, 15) is 14.4 Å². The lowest BCUT2D eigenvalue weighted by atomic mass is 10.0. The van der Waals surface area contributed by atoms with Gasteiger partial charge in [-0.05, 0) is 36.1 Å². The number of fused-ring (bicyclic) bond motifs is 1. The number of carbonyl (C=O) groups excluding carboxylic acids is 3. The number of hydrogen-bond donors (Lipinski definition) is 0. The van der Waals surface area contributed by atoms with Crippen molar-refractivity contribution in [2.45, 2.75) is 90.9 Å². The fourth-order valence-electron chi connectivity index (χ4n) is 5.85. The fourth-order valence-corrected chi connectivity index (χ4v) is 6.12. The summed E-state index contributed by atoms with van der Waals surface area (Å²) in [5.41, 5.74) is 4.67. The van der Waals surface area contributed by atoms with Crippen LogP contribution in [0.4, 0.5) is 0 Å². The molecule has 0 bridgehead atoms. The molecule has 2 heterocycles. The van der Waals surface area contributed by atoms with E-state index in [2.05, 4.69) is 29.8 Å². The Labute approximate surface area is 253 Å². The Hall–Kier alpha value is -2.99. The quantitative estimate of drug-likeness (QED) is 0.131. The zero-order valence-corrected chi connectivity index (χ0v) is 26.2. The standard InChI is InChI=1S/C35H43BrN2O3/c1-3-5-7-9-11-13-23-37-32(27-17-15-26(25-39)16-18-27)30-31(35(37)41)33(28-19-21-29(36)22-20-28)38(34(30)40)24-14-12-10-8-6-4-2/h15-22,25H,3-14,23-24H2,1-2H3. The lowest BCUT2D eigenvalue weighted by Gasteiger charge is -2.25. The first-order chi connectivity index (χ1) is 20.0. The van der Waals surface area contributed by atoms with E-state index in [-0.39, 0.29) is 11.8 Å². The molecule has 41 heavy (non-hydrogen) atoms. The zero-order chi connectivity index (χ0) is 29.2. The van der Waals surface area contributed by atoms with Crippen LogP contribution in [0.1, 0.15) is 112 Å². The van der Waals surface area contributed by atoms with Crippen LogP contribution in [0.3, 0.4) is 0 Å². The van der Waals surface area contributed by atoms with Gasteiger partial charge in [0.2, 0.25) is 0 Å². The normalized spacial score (nSPS) is 15.0. The summed E-state index contributed by atoms with van der Waals surface area (Å²) < 4.78 is 0.952. The molecule has 218 valence electrons. The third-order valence-electron chi connectivity index (χ3n) is 8.09. The van der Waals surface area contributed by atoms with Crippen molar-refractivity contribution in [2.24, 2.45) is 0 Å². The minimum absolute atomic E-state index is 0.0975. The maximum atomic E-state index is 14.2. The molecule has 0 saturated carbocycles. The van der Waals surface area contributed by atoms with Crippen LogP contribution in [0, 0.1) is 0 Å². The van der Waals surface area contributed by atoms with E-state index < -0.39 is 0 Å². The number of aldehydes is 1. The number of amides is 2. The van der Waals surface area contributed by atoms with E-state index in [1.807, 2.05) is 46.2 Å². The Kier molecular flexibility index (Phi) is 11.6. The molecule has 2 aliphatic rings. The predicted octanol–water partition coefficient (Wildman–Crippen LogP) is 8.79. The molecule has 2 amide bonds. The lowest BCUT2D eigenvalue weighted by Crippen LogP contribution is -2.31. The average Bonchev–Trinajstić information content (AvgIpc) is 3.43. The van der Waals surface area contributed by atoms with Crippen LogP contribution < -0.4 is 0 Å². The molecular weight excluding hydrogens is 576 g/mol. The second-order valence-corrected chi connectivity index (χ2v) is 12.1. The monoisotopic (exact) mass is 618 g/mol. The van der Waals surface area contributed by atoms with Crippen LogP contribution in [0.25, 0.3) is 11.4 Å². The predicted molar refractivity (Wildman–Crippen MR) is 170 cm³/mol. The first-order valence-electron chi connectivity index (χ1n) is 15.5. The van der Waals surface area contributed by atoms with Gasteiger partial charge in [0.1, 0.15) is 6.29 Å². The molecule has 2 aromatic rings. The number of halogens is 1. The molecule has 0 spiro atoms. The van der Waals surface area contributed by atoms with E-state index in [0.29, 0.717) is 35.5 Å². The van der Waals surface area contributed by atoms with Gasteiger partial charge in [0.15, 0.2) is 0 Å². The summed E-state index contributed by atoms with van der Waals surface area (Å²) in [5.74, 6) is -0.195. The van der Waals surface area contributed by atoms with Gasteiger partial charge >= 0.3 is 0 Å². The molecule has 4 rings (SSSR count). The second-order valence-electron chi connectivity index (χ2n) is 11.1. The molecular formula is C35H43BrN2O3. The number of hydrogen-bond acceptors (Lipinski definition) is 3. The van der Waals surface area contributed by atoms with Gasteiger partial charge in [0.05, 0.1) is 22.5 Å². The zero-order valence-electron chi connectivity index (χ0n) is 24.6. The Morgan fingerprint density at radius 3 is 1.39 bits per heavy atom. The summed E-state index contributed by atoms with van der Waals surface area (Å²) in [6, 6.07) is 15.1. The van der Waals surface area contributed by atoms with Crippen LogP contribution in [0.15, 0.2) is 64.1 Å². The lowest BCUT2D eigenvalue weighted by molar-refractivity contribution is -0.124. The van der Waals surface area contributed by atoms with Gasteiger partial charge in [-0.25, -0.2) is 0 Å². The summed E-state index contributed by atoms with van der Waals surface area (Å²) in [5, 5.41) is 0. The van der Waals surface area contributed by atoms with Crippen LogP contribution in [-0.4, -0.2) is 41.0 Å². The van der Waals surface area contributed by atoms with E-state index in [0.717, 1.165) is 66.1 Å². The van der Waals surface area contributed by atoms with Crippen LogP contribution >= 0.6 is 15.9 Å². The highest BCUT2D eigenvalue weighted by atomic mass is 79.9. The van der Waals surface area contributed by atoms with Crippen molar-refractivity contribution in [1.82, 2.24) is 9.80 Å². The number of nitrogens with zero attached hydrogens (tertiary/aromatic N) is 2. The van der Waals surface area contributed by atoms with Crippen molar-refractivity contribution in [3.8, 4) is 0 Å². The third-order valence-corrected chi connectivity index (χ3v) is 8.62. The van der Waals surface area contributed by atoms with Crippen molar-refractivity contribution in [2.75, 3.05) is 13.1 Å². The minimum atomic E-state index is -0.0975. The van der Waals surface area contributed by atoms with Crippen LogP contribution in [-0.2, 0) is 9.59 Å². The molecule has 0 radical (unpaired) electrons. The molecule has 0 unspecified atom stereocenters. The van der Waals surface area contributed by atoms with Crippen LogP contribution in [0.2, 0.25) is 0 Å². The van der Waals surface area contributed by atoms with Crippen molar-refractivity contribution >= 4 is 45.4 Å². The van der Waals surface area contributed by atoms with E-state index in [4.69, 9.17) is 0 Å². The van der Waals surface area contributed by atoms with E-state index in [1.54, 1.807) is 12.1 Å². The van der Waals surface area contributed by atoms with Gasteiger partial charge in [0.25, 0.3) is 11.8 Å². The average molecular weight is 620 g/mol. The number of unbranched alkanes of at least 4 members (excludes halogenated alkanes) is 10. The number of rotatable bonds is 17. The smallest absolute Gasteiger partial charge is 0.261 e. The Balaban J connectivity index is 1.72. The summed E-state index contributed by atoms with van der Waals surface area (Å²) >= 11 is 3.53.